The van der Waals surface area contributed by atoms with Gasteiger partial charge >= 0.3 is 5.97 Å². The zero-order chi connectivity index (χ0) is 21.3. The Bertz CT molecular complexity index is 995. The summed E-state index contributed by atoms with van der Waals surface area (Å²) in [6.07, 6.45) is 1.97. The zero-order valence-electron chi connectivity index (χ0n) is 17.3. The fourth-order valence-corrected chi connectivity index (χ4v) is 4.46. The summed E-state index contributed by atoms with van der Waals surface area (Å²) in [5.41, 5.74) is 6.24. The number of hydrogen-bond acceptors (Lipinski definition) is 4. The van der Waals surface area contributed by atoms with Crippen molar-refractivity contribution in [3.8, 4) is 11.5 Å². The Morgan fingerprint density at radius 2 is 1.97 bits per heavy atom. The maximum atomic E-state index is 11.0. The molecule has 158 valence electrons. The number of benzene rings is 2. The topological polar surface area (TPSA) is 59.0 Å². The highest BCUT2D eigenvalue weighted by Gasteiger charge is 2.33. The van der Waals surface area contributed by atoms with Gasteiger partial charge < -0.3 is 14.6 Å². The molecule has 5 nitrogen and oxygen atoms in total. The number of carboxylic acids is 1. The van der Waals surface area contributed by atoms with E-state index in [-0.39, 0.29) is 5.92 Å². The van der Waals surface area contributed by atoms with E-state index in [1.54, 1.807) is 13.2 Å². The second-order valence-electron chi connectivity index (χ2n) is 8.06. The van der Waals surface area contributed by atoms with Gasteiger partial charge in [-0.05, 0) is 72.4 Å². The van der Waals surface area contributed by atoms with Crippen molar-refractivity contribution in [1.29, 1.82) is 0 Å². The Morgan fingerprint density at radius 1 is 1.17 bits per heavy atom. The molecule has 1 heterocycles. The van der Waals surface area contributed by atoms with Gasteiger partial charge in [0.2, 0.25) is 0 Å². The number of hydrogen-bond donors (Lipinski definition) is 1. The first kappa shape index (κ1) is 20.8. The SMILES string of the molecule is COc1cc(Cl)cc(COc2ccc3c(c2)CCC(CN2CC(C(=O)O)C2)=C3C)c1. The van der Waals surface area contributed by atoms with E-state index in [2.05, 4.69) is 24.0 Å². The second-order valence-corrected chi connectivity index (χ2v) is 8.50. The molecule has 0 radical (unpaired) electrons. The zero-order valence-corrected chi connectivity index (χ0v) is 18.0. The molecule has 0 bridgehead atoms. The van der Waals surface area contributed by atoms with Gasteiger partial charge in [0.1, 0.15) is 18.1 Å². The molecular formula is C24H26ClNO4. The molecule has 1 saturated heterocycles. The fraction of sp³-hybridized carbons (Fsp3) is 0.375. The van der Waals surface area contributed by atoms with Crippen LogP contribution >= 0.6 is 11.6 Å². The summed E-state index contributed by atoms with van der Waals surface area (Å²) in [5.74, 6) is 0.670. The summed E-state index contributed by atoms with van der Waals surface area (Å²) in [4.78, 5) is 13.2. The molecule has 6 heteroatoms. The lowest BCUT2D eigenvalue weighted by atomic mass is 9.85. The number of fused-ring (bicyclic) bond motifs is 1. The maximum Gasteiger partial charge on any atom is 0.309 e. The van der Waals surface area contributed by atoms with E-state index in [4.69, 9.17) is 26.2 Å². The molecule has 4 rings (SSSR count). The average Bonchev–Trinajstić information content (AvgIpc) is 2.69. The summed E-state index contributed by atoms with van der Waals surface area (Å²) in [6, 6.07) is 11.9. The van der Waals surface area contributed by atoms with Gasteiger partial charge in [-0.15, -0.1) is 0 Å². The lowest BCUT2D eigenvalue weighted by molar-refractivity contribution is -0.147. The quantitative estimate of drug-likeness (QED) is 0.696. The highest BCUT2D eigenvalue weighted by Crippen LogP contribution is 2.35. The van der Waals surface area contributed by atoms with Gasteiger partial charge in [-0.2, -0.15) is 0 Å². The van der Waals surface area contributed by atoms with Crippen LogP contribution in [0.5, 0.6) is 11.5 Å². The molecule has 0 aromatic heterocycles. The van der Waals surface area contributed by atoms with E-state index >= 15 is 0 Å². The number of carboxylic acid groups (broad SMARTS) is 1. The summed E-state index contributed by atoms with van der Waals surface area (Å²) in [5, 5.41) is 9.69. The normalized spacial score (nSPS) is 16.8. The van der Waals surface area contributed by atoms with Crippen LogP contribution in [0.4, 0.5) is 0 Å². The lowest BCUT2D eigenvalue weighted by Gasteiger charge is -2.38. The van der Waals surface area contributed by atoms with E-state index in [0.29, 0.717) is 24.7 Å². The van der Waals surface area contributed by atoms with Gasteiger partial charge in [-0.1, -0.05) is 23.2 Å². The molecule has 0 saturated carbocycles. The molecule has 1 N–H and O–H groups in total. The highest BCUT2D eigenvalue weighted by atomic mass is 35.5. The molecule has 1 aliphatic heterocycles. The second kappa shape index (κ2) is 8.70. The third-order valence-electron chi connectivity index (χ3n) is 6.00. The van der Waals surface area contributed by atoms with Crippen LogP contribution in [0.3, 0.4) is 0 Å². The number of halogens is 1. The van der Waals surface area contributed by atoms with Crippen molar-refractivity contribution in [2.24, 2.45) is 5.92 Å². The largest absolute Gasteiger partial charge is 0.497 e. The minimum atomic E-state index is -0.685. The monoisotopic (exact) mass is 427 g/mol. The van der Waals surface area contributed by atoms with Crippen molar-refractivity contribution in [3.05, 3.63) is 63.7 Å². The summed E-state index contributed by atoms with van der Waals surface area (Å²) in [7, 11) is 1.62. The summed E-state index contributed by atoms with van der Waals surface area (Å²) < 4.78 is 11.3. The van der Waals surface area contributed by atoms with Crippen molar-refractivity contribution < 1.29 is 19.4 Å². The van der Waals surface area contributed by atoms with Crippen molar-refractivity contribution >= 4 is 23.1 Å². The molecule has 2 aliphatic rings. The van der Waals surface area contributed by atoms with Crippen LogP contribution in [0, 0.1) is 5.92 Å². The smallest absolute Gasteiger partial charge is 0.309 e. The van der Waals surface area contributed by atoms with Crippen LogP contribution in [0.1, 0.15) is 30.0 Å². The minimum Gasteiger partial charge on any atom is -0.497 e. The van der Waals surface area contributed by atoms with Crippen LogP contribution in [0.25, 0.3) is 5.57 Å². The fourth-order valence-electron chi connectivity index (χ4n) is 4.21. The Kier molecular flexibility index (Phi) is 6.02. The summed E-state index contributed by atoms with van der Waals surface area (Å²) in [6.45, 7) is 4.76. The van der Waals surface area contributed by atoms with Gasteiger partial charge in [0.05, 0.1) is 13.0 Å². The summed E-state index contributed by atoms with van der Waals surface area (Å²) >= 11 is 6.14. The average molecular weight is 428 g/mol. The third-order valence-corrected chi connectivity index (χ3v) is 6.22. The van der Waals surface area contributed by atoms with Gasteiger partial charge in [-0.25, -0.2) is 0 Å². The molecule has 0 unspecified atom stereocenters. The highest BCUT2D eigenvalue weighted by molar-refractivity contribution is 6.30. The van der Waals surface area contributed by atoms with Crippen LogP contribution in [0.2, 0.25) is 5.02 Å². The first-order chi connectivity index (χ1) is 14.4. The number of carbonyl (C=O) groups is 1. The Balaban J connectivity index is 1.42. The van der Waals surface area contributed by atoms with Crippen molar-refractivity contribution in [2.75, 3.05) is 26.7 Å². The van der Waals surface area contributed by atoms with E-state index in [0.717, 1.165) is 36.4 Å². The number of nitrogens with zero attached hydrogens (tertiary/aromatic N) is 1. The number of likely N-dealkylation sites (tertiary alicyclic amines) is 1. The van der Waals surface area contributed by atoms with E-state index in [1.807, 2.05) is 18.2 Å². The van der Waals surface area contributed by atoms with E-state index in [1.165, 1.54) is 22.3 Å². The number of allylic oxidation sites excluding steroid dienone is 1. The standard InChI is InChI=1S/C24H26ClNO4/c1-15-18(11-26-12-19(13-26)24(27)28)4-3-17-9-21(5-6-23(15)17)30-14-16-7-20(25)10-22(8-16)29-2/h5-10,19H,3-4,11-14H2,1-2H3,(H,27,28). The molecule has 30 heavy (non-hydrogen) atoms. The van der Waals surface area contributed by atoms with Crippen molar-refractivity contribution in [2.45, 2.75) is 26.4 Å². The lowest BCUT2D eigenvalue weighted by Crippen LogP contribution is -2.50. The third kappa shape index (κ3) is 4.47. The van der Waals surface area contributed by atoms with Crippen LogP contribution in [-0.2, 0) is 17.8 Å². The van der Waals surface area contributed by atoms with Crippen molar-refractivity contribution in [3.63, 3.8) is 0 Å². The molecule has 1 fully saturated rings. The number of methoxy groups -OCH3 is 1. The molecular weight excluding hydrogens is 402 g/mol. The molecule has 0 atom stereocenters. The predicted octanol–water partition coefficient (Wildman–Crippen LogP) is 4.66. The Hall–Kier alpha value is -2.50. The number of ether oxygens (including phenoxy) is 2. The van der Waals surface area contributed by atoms with Crippen LogP contribution in [-0.4, -0.2) is 42.7 Å². The van der Waals surface area contributed by atoms with Crippen LogP contribution in [0.15, 0.2) is 42.0 Å². The molecule has 0 amide bonds. The van der Waals surface area contributed by atoms with Gasteiger partial charge in [0.25, 0.3) is 0 Å². The van der Waals surface area contributed by atoms with Gasteiger partial charge in [-0.3, -0.25) is 9.69 Å². The molecule has 2 aromatic rings. The Labute approximate surface area is 181 Å². The number of rotatable bonds is 7. The first-order valence-corrected chi connectivity index (χ1v) is 10.5. The van der Waals surface area contributed by atoms with Gasteiger partial charge in [0, 0.05) is 24.7 Å². The Morgan fingerprint density at radius 3 is 2.70 bits per heavy atom. The van der Waals surface area contributed by atoms with Gasteiger partial charge in [0.15, 0.2) is 0 Å². The number of aryl methyl sites for hydroxylation is 1. The first-order valence-electron chi connectivity index (χ1n) is 10.2. The molecule has 1 aliphatic carbocycles. The van der Waals surface area contributed by atoms with Crippen LogP contribution < -0.4 is 9.47 Å². The van der Waals surface area contributed by atoms with E-state index in [9.17, 15) is 4.79 Å². The number of aliphatic carboxylic acids is 1. The molecule has 0 spiro atoms. The predicted molar refractivity (Wildman–Crippen MR) is 117 cm³/mol. The van der Waals surface area contributed by atoms with E-state index < -0.39 is 5.97 Å². The molecule has 2 aromatic carbocycles. The maximum absolute atomic E-state index is 11.0. The minimum absolute atomic E-state index is 0.207. The van der Waals surface area contributed by atoms with Crippen molar-refractivity contribution in [1.82, 2.24) is 4.90 Å².